The first kappa shape index (κ1) is 26.1. The monoisotopic (exact) mass is 492 g/mol. The Morgan fingerprint density at radius 1 is 1.00 bits per heavy atom. The summed E-state index contributed by atoms with van der Waals surface area (Å²) >= 11 is 0. The summed E-state index contributed by atoms with van der Waals surface area (Å²) in [6.07, 6.45) is 8.83. The number of hydrogen-bond donors (Lipinski definition) is 2. The molecule has 1 aliphatic carbocycles. The number of carboxylic acid groups (broad SMARTS) is 1. The summed E-state index contributed by atoms with van der Waals surface area (Å²) in [5.41, 5.74) is 4.34. The fourth-order valence-electron chi connectivity index (χ4n) is 5.55. The van der Waals surface area contributed by atoms with Crippen LogP contribution in [0.3, 0.4) is 0 Å². The fraction of sp³-hybridized carbons (Fsp3) is 0.533. The lowest BCUT2D eigenvalue weighted by Gasteiger charge is -2.33. The molecule has 1 heterocycles. The van der Waals surface area contributed by atoms with E-state index in [2.05, 4.69) is 42.6 Å². The van der Waals surface area contributed by atoms with E-state index < -0.39 is 5.97 Å². The molecule has 0 radical (unpaired) electrons. The number of urea groups is 1. The number of unbranched alkanes of at least 4 members (excludes halogenated alkanes) is 3. The molecule has 1 saturated carbocycles. The average molecular weight is 493 g/mol. The van der Waals surface area contributed by atoms with Crippen LogP contribution in [0.25, 0.3) is 11.1 Å². The van der Waals surface area contributed by atoms with Crippen molar-refractivity contribution in [3.63, 3.8) is 0 Å². The van der Waals surface area contributed by atoms with Crippen LogP contribution in [0.5, 0.6) is 5.75 Å². The van der Waals surface area contributed by atoms with Gasteiger partial charge in [-0.15, -0.1) is 0 Å². The van der Waals surface area contributed by atoms with Crippen LogP contribution in [0, 0.1) is 5.92 Å². The Hall–Kier alpha value is -3.02. The van der Waals surface area contributed by atoms with E-state index in [1.54, 1.807) is 4.90 Å². The molecule has 0 spiro atoms. The van der Waals surface area contributed by atoms with Gasteiger partial charge in [-0.1, -0.05) is 56.5 Å². The van der Waals surface area contributed by atoms with Gasteiger partial charge in [-0.3, -0.25) is 9.69 Å². The molecule has 0 aromatic heterocycles. The van der Waals surface area contributed by atoms with Crippen molar-refractivity contribution >= 4 is 17.7 Å². The molecule has 0 bridgehead atoms. The standard InChI is InChI=1S/C30H40N2O4/c1-3-4-5-6-17-31-30(35)32-20-21(2)36-28-19-26(15-16-27(28)32)25-13-11-24(12-14-25)23-9-7-22(8-10-23)18-29(33)34/h11-16,19,21-23H,3-10,17-18,20H2,1-2H3,(H,31,35)(H,33,34)/t21?,22-,23-. The van der Waals surface area contributed by atoms with Crippen LogP contribution in [0.2, 0.25) is 0 Å². The predicted octanol–water partition coefficient (Wildman–Crippen LogP) is 6.98. The average Bonchev–Trinajstić information content (AvgIpc) is 2.88. The van der Waals surface area contributed by atoms with E-state index in [0.29, 0.717) is 31.3 Å². The molecule has 2 aromatic carbocycles. The maximum Gasteiger partial charge on any atom is 0.322 e. The minimum absolute atomic E-state index is 0.0573. The number of rotatable bonds is 9. The second-order valence-corrected chi connectivity index (χ2v) is 10.5. The van der Waals surface area contributed by atoms with Crippen LogP contribution in [-0.4, -0.2) is 36.3 Å². The highest BCUT2D eigenvalue weighted by Gasteiger charge is 2.28. The van der Waals surface area contributed by atoms with Crippen molar-refractivity contribution in [1.82, 2.24) is 5.32 Å². The van der Waals surface area contributed by atoms with Crippen LogP contribution in [0.15, 0.2) is 42.5 Å². The smallest absolute Gasteiger partial charge is 0.322 e. The molecule has 2 aliphatic rings. The van der Waals surface area contributed by atoms with Crippen LogP contribution >= 0.6 is 0 Å². The first-order valence-corrected chi connectivity index (χ1v) is 13.6. The van der Waals surface area contributed by atoms with E-state index in [9.17, 15) is 9.59 Å². The SMILES string of the molecule is CCCCCCNC(=O)N1CC(C)Oc2cc(-c3ccc([C@H]4CC[C@H](CC(=O)O)CC4)cc3)ccc21. The number of carbonyl (C=O) groups excluding carboxylic acids is 1. The molecule has 4 rings (SSSR count). The maximum atomic E-state index is 12.9. The van der Waals surface area contributed by atoms with Crippen molar-refractivity contribution in [2.75, 3.05) is 18.0 Å². The summed E-state index contributed by atoms with van der Waals surface area (Å²) in [5.74, 6) is 0.884. The van der Waals surface area contributed by atoms with Crippen LogP contribution in [-0.2, 0) is 4.79 Å². The van der Waals surface area contributed by atoms with E-state index >= 15 is 0 Å². The van der Waals surface area contributed by atoms with Crippen molar-refractivity contribution in [3.8, 4) is 16.9 Å². The van der Waals surface area contributed by atoms with E-state index in [1.165, 1.54) is 18.4 Å². The normalized spacial score (nSPS) is 21.4. The number of benzene rings is 2. The number of carboxylic acids is 1. The van der Waals surface area contributed by atoms with E-state index in [1.807, 2.05) is 19.1 Å². The third kappa shape index (κ3) is 6.59. The Morgan fingerprint density at radius 3 is 2.42 bits per heavy atom. The molecule has 1 unspecified atom stereocenters. The molecule has 1 aliphatic heterocycles. The van der Waals surface area contributed by atoms with Crippen molar-refractivity contribution in [1.29, 1.82) is 0 Å². The summed E-state index contributed by atoms with van der Waals surface area (Å²) in [7, 11) is 0. The fourth-order valence-corrected chi connectivity index (χ4v) is 5.55. The van der Waals surface area contributed by atoms with E-state index in [-0.39, 0.29) is 12.1 Å². The van der Waals surface area contributed by atoms with Gasteiger partial charge in [-0.2, -0.15) is 0 Å². The first-order chi connectivity index (χ1) is 17.4. The second-order valence-electron chi connectivity index (χ2n) is 10.5. The molecule has 36 heavy (non-hydrogen) atoms. The second kappa shape index (κ2) is 12.3. The van der Waals surface area contributed by atoms with Gasteiger partial charge in [0.1, 0.15) is 11.9 Å². The number of nitrogens with zero attached hydrogens (tertiary/aromatic N) is 1. The predicted molar refractivity (Wildman–Crippen MR) is 144 cm³/mol. The molecule has 1 atom stereocenters. The van der Waals surface area contributed by atoms with Crippen molar-refractivity contribution in [3.05, 3.63) is 48.0 Å². The van der Waals surface area contributed by atoms with Gasteiger partial charge in [0.2, 0.25) is 0 Å². The minimum atomic E-state index is -0.683. The number of aliphatic carboxylic acids is 1. The van der Waals surface area contributed by atoms with Crippen molar-refractivity contribution < 1.29 is 19.4 Å². The van der Waals surface area contributed by atoms with Gasteiger partial charge in [0.25, 0.3) is 0 Å². The van der Waals surface area contributed by atoms with Crippen molar-refractivity contribution in [2.45, 2.75) is 83.7 Å². The number of ether oxygens (including phenoxy) is 1. The molecule has 6 heteroatoms. The zero-order chi connectivity index (χ0) is 25.5. The largest absolute Gasteiger partial charge is 0.487 e. The van der Waals surface area contributed by atoms with Gasteiger partial charge >= 0.3 is 12.0 Å². The number of nitrogens with one attached hydrogen (secondary N) is 1. The van der Waals surface area contributed by atoms with Gasteiger partial charge in [-0.05, 0) is 79.7 Å². The maximum absolute atomic E-state index is 12.9. The highest BCUT2D eigenvalue weighted by atomic mass is 16.5. The summed E-state index contributed by atoms with van der Waals surface area (Å²) in [4.78, 5) is 25.7. The summed E-state index contributed by atoms with van der Waals surface area (Å²) < 4.78 is 6.12. The summed E-state index contributed by atoms with van der Waals surface area (Å²) in [5, 5.41) is 12.1. The van der Waals surface area contributed by atoms with E-state index in [4.69, 9.17) is 9.84 Å². The Kier molecular flexibility index (Phi) is 8.89. The zero-order valence-electron chi connectivity index (χ0n) is 21.7. The quantitative estimate of drug-likeness (QED) is 0.370. The summed E-state index contributed by atoms with van der Waals surface area (Å²) in [6, 6.07) is 14.8. The number of hydrogen-bond acceptors (Lipinski definition) is 3. The van der Waals surface area contributed by atoms with Crippen LogP contribution in [0.1, 0.15) is 83.1 Å². The zero-order valence-corrected chi connectivity index (χ0v) is 21.7. The Bertz CT molecular complexity index is 1030. The van der Waals surface area contributed by atoms with Gasteiger partial charge in [0.15, 0.2) is 0 Å². The third-order valence-corrected chi connectivity index (χ3v) is 7.60. The Morgan fingerprint density at radius 2 is 1.72 bits per heavy atom. The molecule has 0 saturated heterocycles. The number of anilines is 1. The first-order valence-electron chi connectivity index (χ1n) is 13.6. The van der Waals surface area contributed by atoms with Gasteiger partial charge < -0.3 is 15.2 Å². The van der Waals surface area contributed by atoms with Crippen LogP contribution < -0.4 is 15.0 Å². The third-order valence-electron chi connectivity index (χ3n) is 7.60. The molecule has 6 nitrogen and oxygen atoms in total. The molecular formula is C30H40N2O4. The lowest BCUT2D eigenvalue weighted by atomic mass is 9.77. The number of amides is 2. The Labute approximate surface area is 215 Å². The molecule has 2 amide bonds. The summed E-state index contributed by atoms with van der Waals surface area (Å²) in [6.45, 7) is 5.42. The molecule has 2 N–H and O–H groups in total. The highest BCUT2D eigenvalue weighted by molar-refractivity contribution is 5.94. The van der Waals surface area contributed by atoms with Crippen LogP contribution in [0.4, 0.5) is 10.5 Å². The molecular weight excluding hydrogens is 452 g/mol. The van der Waals surface area contributed by atoms with Gasteiger partial charge in [0, 0.05) is 13.0 Å². The Balaban J connectivity index is 1.40. The number of fused-ring (bicyclic) bond motifs is 1. The highest BCUT2D eigenvalue weighted by Crippen LogP contribution is 2.39. The lowest BCUT2D eigenvalue weighted by Crippen LogP contribution is -2.47. The number of carbonyl (C=O) groups is 2. The molecule has 194 valence electrons. The lowest BCUT2D eigenvalue weighted by molar-refractivity contribution is -0.138. The van der Waals surface area contributed by atoms with Gasteiger partial charge in [-0.25, -0.2) is 4.79 Å². The molecule has 2 aromatic rings. The van der Waals surface area contributed by atoms with Crippen molar-refractivity contribution in [2.24, 2.45) is 5.92 Å². The topological polar surface area (TPSA) is 78.9 Å². The van der Waals surface area contributed by atoms with Gasteiger partial charge in [0.05, 0.1) is 12.2 Å². The molecule has 1 fully saturated rings. The minimum Gasteiger partial charge on any atom is -0.487 e. The van der Waals surface area contributed by atoms with E-state index in [0.717, 1.165) is 61.1 Å².